The third-order valence-corrected chi connectivity index (χ3v) is 5.03. The largest absolute Gasteiger partial charge is 0.312 e. The van der Waals surface area contributed by atoms with E-state index in [1.54, 1.807) is 0 Å². The molecule has 0 N–H and O–H groups in total. The molecular formula is C22H28N2O. The summed E-state index contributed by atoms with van der Waals surface area (Å²) in [5.41, 5.74) is 4.93. The van der Waals surface area contributed by atoms with E-state index in [1.807, 2.05) is 17.0 Å². The molecule has 1 atom stereocenters. The molecule has 2 aromatic carbocycles. The summed E-state index contributed by atoms with van der Waals surface area (Å²) in [6.45, 7) is 3.95. The van der Waals surface area contributed by atoms with Gasteiger partial charge in [0.1, 0.15) is 0 Å². The van der Waals surface area contributed by atoms with Gasteiger partial charge in [0.25, 0.3) is 0 Å². The molecule has 0 saturated heterocycles. The van der Waals surface area contributed by atoms with Gasteiger partial charge in [0.15, 0.2) is 0 Å². The van der Waals surface area contributed by atoms with E-state index in [-0.39, 0.29) is 5.91 Å². The molecule has 132 valence electrons. The minimum absolute atomic E-state index is 0.235. The number of carbonyl (C=O) groups excluding carboxylic acids is 1. The second-order valence-electron chi connectivity index (χ2n) is 7.39. The van der Waals surface area contributed by atoms with Crippen molar-refractivity contribution in [2.45, 2.75) is 26.2 Å². The Morgan fingerprint density at radius 1 is 1.12 bits per heavy atom. The fourth-order valence-corrected chi connectivity index (χ4v) is 3.82. The maximum absolute atomic E-state index is 13.0. The van der Waals surface area contributed by atoms with E-state index in [0.29, 0.717) is 12.3 Å². The number of benzene rings is 2. The predicted molar refractivity (Wildman–Crippen MR) is 104 cm³/mol. The lowest BCUT2D eigenvalue weighted by molar-refractivity contribution is -0.118. The second kappa shape index (κ2) is 7.83. The Morgan fingerprint density at radius 2 is 1.84 bits per heavy atom. The summed E-state index contributed by atoms with van der Waals surface area (Å²) >= 11 is 0. The highest BCUT2D eigenvalue weighted by Gasteiger charge is 2.28. The van der Waals surface area contributed by atoms with Crippen LogP contribution in [0.2, 0.25) is 0 Å². The lowest BCUT2D eigenvalue weighted by Gasteiger charge is -2.36. The number of hydrogen-bond donors (Lipinski definition) is 0. The van der Waals surface area contributed by atoms with Crippen LogP contribution in [0, 0.1) is 12.8 Å². The van der Waals surface area contributed by atoms with Gasteiger partial charge in [-0.05, 0) is 62.5 Å². The van der Waals surface area contributed by atoms with Gasteiger partial charge in [0.05, 0.1) is 0 Å². The van der Waals surface area contributed by atoms with Crippen LogP contribution >= 0.6 is 0 Å². The van der Waals surface area contributed by atoms with Gasteiger partial charge in [0, 0.05) is 25.2 Å². The monoisotopic (exact) mass is 336 g/mol. The fraction of sp³-hybridized carbons (Fsp3) is 0.409. The van der Waals surface area contributed by atoms with E-state index in [1.165, 1.54) is 16.7 Å². The highest BCUT2D eigenvalue weighted by atomic mass is 16.2. The van der Waals surface area contributed by atoms with Crippen LogP contribution in [0.1, 0.15) is 23.1 Å². The summed E-state index contributed by atoms with van der Waals surface area (Å²) in [5, 5.41) is 0. The Bertz CT molecular complexity index is 738. The van der Waals surface area contributed by atoms with E-state index in [4.69, 9.17) is 0 Å². The molecule has 3 heteroatoms. The molecule has 2 aromatic rings. The smallest absolute Gasteiger partial charge is 0.227 e. The maximum Gasteiger partial charge on any atom is 0.227 e. The molecule has 25 heavy (non-hydrogen) atoms. The van der Waals surface area contributed by atoms with Crippen molar-refractivity contribution < 1.29 is 4.79 Å². The molecule has 0 radical (unpaired) electrons. The molecule has 0 saturated carbocycles. The third-order valence-electron chi connectivity index (χ3n) is 5.03. The van der Waals surface area contributed by atoms with Crippen molar-refractivity contribution >= 4 is 11.6 Å². The lowest BCUT2D eigenvalue weighted by Crippen LogP contribution is -2.43. The average Bonchev–Trinajstić information content (AvgIpc) is 2.59. The SMILES string of the molecule is Cc1ccccc1CCC(=O)N1CC(CN(C)C)Cc2ccccc21. The molecule has 3 rings (SSSR count). The van der Waals surface area contributed by atoms with Gasteiger partial charge in [-0.1, -0.05) is 42.5 Å². The van der Waals surface area contributed by atoms with Crippen molar-refractivity contribution in [2.24, 2.45) is 5.92 Å². The standard InChI is InChI=1S/C22H28N2O/c1-17-8-4-5-9-19(17)12-13-22(25)24-16-18(15-23(2)3)14-20-10-6-7-11-21(20)24/h4-11,18H,12-16H2,1-3H3. The van der Waals surface area contributed by atoms with Gasteiger partial charge in [-0.15, -0.1) is 0 Å². The Morgan fingerprint density at radius 3 is 2.60 bits per heavy atom. The van der Waals surface area contributed by atoms with Crippen molar-refractivity contribution in [1.29, 1.82) is 0 Å². The Labute approximate surface area is 151 Å². The fourth-order valence-electron chi connectivity index (χ4n) is 3.82. The molecule has 0 bridgehead atoms. The minimum atomic E-state index is 0.235. The number of amides is 1. The third kappa shape index (κ3) is 4.29. The van der Waals surface area contributed by atoms with Gasteiger partial charge in [-0.25, -0.2) is 0 Å². The first-order valence-corrected chi connectivity index (χ1v) is 9.12. The number of fused-ring (bicyclic) bond motifs is 1. The number of anilines is 1. The van der Waals surface area contributed by atoms with Crippen molar-refractivity contribution in [2.75, 3.05) is 32.1 Å². The Kier molecular flexibility index (Phi) is 5.54. The Balaban J connectivity index is 1.75. The summed E-state index contributed by atoms with van der Waals surface area (Å²) in [4.78, 5) is 17.2. The summed E-state index contributed by atoms with van der Waals surface area (Å²) in [6, 6.07) is 16.7. The quantitative estimate of drug-likeness (QED) is 0.831. The number of para-hydroxylation sites is 1. The van der Waals surface area contributed by atoms with Crippen LogP contribution in [0.15, 0.2) is 48.5 Å². The predicted octanol–water partition coefficient (Wildman–Crippen LogP) is 3.69. The van der Waals surface area contributed by atoms with E-state index < -0.39 is 0 Å². The van der Waals surface area contributed by atoms with E-state index >= 15 is 0 Å². The van der Waals surface area contributed by atoms with Crippen LogP contribution < -0.4 is 4.90 Å². The van der Waals surface area contributed by atoms with E-state index in [9.17, 15) is 4.79 Å². The molecule has 1 heterocycles. The zero-order valence-electron chi connectivity index (χ0n) is 15.5. The first-order chi connectivity index (χ1) is 12.0. The van der Waals surface area contributed by atoms with Crippen molar-refractivity contribution in [3.05, 3.63) is 65.2 Å². The lowest BCUT2D eigenvalue weighted by atomic mass is 9.91. The first kappa shape index (κ1) is 17.7. The van der Waals surface area contributed by atoms with E-state index in [2.05, 4.69) is 62.3 Å². The number of aryl methyl sites for hydroxylation is 2. The molecular weight excluding hydrogens is 308 g/mol. The maximum atomic E-state index is 13.0. The molecule has 0 fully saturated rings. The number of hydrogen-bond acceptors (Lipinski definition) is 2. The molecule has 0 aliphatic carbocycles. The summed E-state index contributed by atoms with van der Waals surface area (Å²) in [6.07, 6.45) is 2.42. The van der Waals surface area contributed by atoms with Crippen molar-refractivity contribution in [1.82, 2.24) is 4.90 Å². The first-order valence-electron chi connectivity index (χ1n) is 9.12. The molecule has 3 nitrogen and oxygen atoms in total. The zero-order valence-corrected chi connectivity index (χ0v) is 15.5. The van der Waals surface area contributed by atoms with Crippen LogP contribution in [-0.2, 0) is 17.6 Å². The highest BCUT2D eigenvalue weighted by molar-refractivity contribution is 5.94. The van der Waals surface area contributed by atoms with Crippen LogP contribution in [0.3, 0.4) is 0 Å². The molecule has 0 aromatic heterocycles. The van der Waals surface area contributed by atoms with Crippen LogP contribution in [0.4, 0.5) is 5.69 Å². The van der Waals surface area contributed by atoms with Gasteiger partial charge < -0.3 is 9.80 Å². The number of nitrogens with zero attached hydrogens (tertiary/aromatic N) is 2. The molecule has 1 aliphatic rings. The molecule has 0 spiro atoms. The zero-order chi connectivity index (χ0) is 17.8. The second-order valence-corrected chi connectivity index (χ2v) is 7.39. The topological polar surface area (TPSA) is 23.6 Å². The van der Waals surface area contributed by atoms with Crippen LogP contribution in [-0.4, -0.2) is 38.0 Å². The van der Waals surface area contributed by atoms with Crippen LogP contribution in [0.5, 0.6) is 0 Å². The minimum Gasteiger partial charge on any atom is -0.312 e. The number of carbonyl (C=O) groups is 1. The van der Waals surface area contributed by atoms with Gasteiger partial charge in [-0.2, -0.15) is 0 Å². The van der Waals surface area contributed by atoms with Crippen LogP contribution in [0.25, 0.3) is 0 Å². The number of rotatable bonds is 5. The highest BCUT2D eigenvalue weighted by Crippen LogP contribution is 2.30. The normalized spacial score (nSPS) is 16.8. The van der Waals surface area contributed by atoms with Gasteiger partial charge >= 0.3 is 0 Å². The summed E-state index contributed by atoms with van der Waals surface area (Å²) < 4.78 is 0. The van der Waals surface area contributed by atoms with Gasteiger partial charge in [0.2, 0.25) is 5.91 Å². The van der Waals surface area contributed by atoms with Crippen molar-refractivity contribution in [3.8, 4) is 0 Å². The van der Waals surface area contributed by atoms with Crippen molar-refractivity contribution in [3.63, 3.8) is 0 Å². The molecule has 1 aliphatic heterocycles. The van der Waals surface area contributed by atoms with E-state index in [0.717, 1.165) is 31.6 Å². The molecule has 1 amide bonds. The van der Waals surface area contributed by atoms with Gasteiger partial charge in [-0.3, -0.25) is 4.79 Å². The Hall–Kier alpha value is -2.13. The average molecular weight is 336 g/mol. The summed E-state index contributed by atoms with van der Waals surface area (Å²) in [5.74, 6) is 0.728. The molecule has 1 unspecified atom stereocenters. The summed E-state index contributed by atoms with van der Waals surface area (Å²) in [7, 11) is 4.20.